The second kappa shape index (κ2) is 6.00. The number of hydrogen-bond donors (Lipinski definition) is 0. The Labute approximate surface area is 134 Å². The lowest BCUT2D eigenvalue weighted by atomic mass is 10.1. The van der Waals surface area contributed by atoms with Crippen molar-refractivity contribution in [3.8, 4) is 0 Å². The molecule has 2 fully saturated rings. The second-order valence-electron chi connectivity index (χ2n) is 4.90. The van der Waals surface area contributed by atoms with Crippen LogP contribution in [-0.4, -0.2) is 39.5 Å². The smallest absolute Gasteiger partial charge is 0.227 e. The van der Waals surface area contributed by atoms with Crippen LogP contribution in [0.4, 0.5) is 0 Å². The molecule has 2 saturated heterocycles. The third kappa shape index (κ3) is 3.34. The molecule has 0 bridgehead atoms. The minimum atomic E-state index is 0.289. The van der Waals surface area contributed by atoms with E-state index < -0.39 is 0 Å². The van der Waals surface area contributed by atoms with Gasteiger partial charge in [0.25, 0.3) is 0 Å². The Hall–Kier alpha value is 0.350. The molecule has 1 aromatic rings. The normalized spacial score (nSPS) is 22.1. The molecule has 1 spiro atoms. The van der Waals surface area contributed by atoms with Gasteiger partial charge in [0.1, 0.15) is 0 Å². The molecule has 0 aliphatic carbocycles. The van der Waals surface area contributed by atoms with Crippen LogP contribution >= 0.6 is 50.8 Å². The summed E-state index contributed by atoms with van der Waals surface area (Å²) in [4.78, 5) is 15.5. The molecule has 1 amide bonds. The first-order valence-electron chi connectivity index (χ1n) is 6.45. The van der Waals surface area contributed by atoms with Gasteiger partial charge in [0, 0.05) is 39.3 Å². The molecule has 19 heavy (non-hydrogen) atoms. The average Bonchev–Trinajstić information content (AvgIpc) is 3.00. The van der Waals surface area contributed by atoms with Crippen molar-refractivity contribution in [2.45, 2.75) is 23.3 Å². The maximum Gasteiger partial charge on any atom is 0.227 e. The van der Waals surface area contributed by atoms with Crippen LogP contribution in [0.1, 0.15) is 17.7 Å². The highest BCUT2D eigenvalue weighted by Gasteiger charge is 2.39. The van der Waals surface area contributed by atoms with E-state index >= 15 is 0 Å². The predicted octanol–water partition coefficient (Wildman–Crippen LogP) is 3.85. The standard InChI is InChI=1S/C13H16BrNOS3/c14-10-7-11(17-9-10)8-12(16)15-3-1-13(2-4-15)18-5-6-19-13/h7,9H,1-6,8H2. The van der Waals surface area contributed by atoms with E-state index in [1.165, 1.54) is 11.5 Å². The fraction of sp³-hybridized carbons (Fsp3) is 0.615. The quantitative estimate of drug-likeness (QED) is 0.780. The van der Waals surface area contributed by atoms with Crippen LogP contribution in [0.25, 0.3) is 0 Å². The van der Waals surface area contributed by atoms with Gasteiger partial charge in [-0.15, -0.1) is 34.9 Å². The van der Waals surface area contributed by atoms with Crippen LogP contribution in [0.15, 0.2) is 15.9 Å². The summed E-state index contributed by atoms with van der Waals surface area (Å²) in [6, 6.07) is 2.05. The lowest BCUT2D eigenvalue weighted by Crippen LogP contribution is -2.43. The summed E-state index contributed by atoms with van der Waals surface area (Å²) in [6.45, 7) is 1.87. The molecule has 6 heteroatoms. The number of hydrogen-bond acceptors (Lipinski definition) is 4. The third-order valence-electron chi connectivity index (χ3n) is 3.64. The number of carbonyl (C=O) groups is 1. The molecule has 0 aromatic carbocycles. The Morgan fingerprint density at radius 1 is 1.32 bits per heavy atom. The first-order valence-corrected chi connectivity index (χ1v) is 10.1. The van der Waals surface area contributed by atoms with Gasteiger partial charge >= 0.3 is 0 Å². The van der Waals surface area contributed by atoms with Crippen LogP contribution in [0.2, 0.25) is 0 Å². The molecule has 0 N–H and O–H groups in total. The average molecular weight is 378 g/mol. The Morgan fingerprint density at radius 2 is 2.00 bits per heavy atom. The summed E-state index contributed by atoms with van der Waals surface area (Å²) in [5, 5.41) is 2.04. The SMILES string of the molecule is O=C(Cc1cc(Br)cs1)N1CCC2(CC1)SCCS2. The number of amides is 1. The number of halogens is 1. The topological polar surface area (TPSA) is 20.3 Å². The van der Waals surface area contributed by atoms with E-state index in [9.17, 15) is 4.79 Å². The van der Waals surface area contributed by atoms with Crippen LogP contribution in [-0.2, 0) is 11.2 Å². The summed E-state index contributed by atoms with van der Waals surface area (Å²) in [6.07, 6.45) is 2.87. The molecule has 0 atom stereocenters. The van der Waals surface area contributed by atoms with Crippen molar-refractivity contribution in [1.82, 2.24) is 4.90 Å². The van der Waals surface area contributed by atoms with E-state index in [-0.39, 0.29) is 5.91 Å². The summed E-state index contributed by atoms with van der Waals surface area (Å²) >= 11 is 9.31. The zero-order valence-electron chi connectivity index (χ0n) is 10.6. The van der Waals surface area contributed by atoms with E-state index in [1.54, 1.807) is 11.3 Å². The van der Waals surface area contributed by atoms with Gasteiger partial charge in [0.15, 0.2) is 0 Å². The van der Waals surface area contributed by atoms with E-state index in [4.69, 9.17) is 0 Å². The van der Waals surface area contributed by atoms with Gasteiger partial charge < -0.3 is 4.90 Å². The molecule has 3 heterocycles. The van der Waals surface area contributed by atoms with Crippen LogP contribution in [0, 0.1) is 0 Å². The Balaban J connectivity index is 1.54. The van der Waals surface area contributed by atoms with Gasteiger partial charge in [-0.1, -0.05) is 0 Å². The molecule has 0 radical (unpaired) electrons. The molecule has 2 nitrogen and oxygen atoms in total. The van der Waals surface area contributed by atoms with Crippen molar-refractivity contribution in [3.63, 3.8) is 0 Å². The number of piperidine rings is 1. The molecule has 2 aliphatic rings. The molecule has 2 aliphatic heterocycles. The molecule has 104 valence electrons. The predicted molar refractivity (Wildman–Crippen MR) is 89.2 cm³/mol. The van der Waals surface area contributed by atoms with E-state index in [2.05, 4.69) is 50.4 Å². The fourth-order valence-electron chi connectivity index (χ4n) is 2.59. The van der Waals surface area contributed by atoms with E-state index in [1.807, 2.05) is 5.38 Å². The van der Waals surface area contributed by atoms with E-state index in [0.717, 1.165) is 35.3 Å². The number of thiophene rings is 1. The van der Waals surface area contributed by atoms with Gasteiger partial charge in [-0.25, -0.2) is 0 Å². The van der Waals surface area contributed by atoms with Crippen LogP contribution in [0.5, 0.6) is 0 Å². The Morgan fingerprint density at radius 3 is 2.58 bits per heavy atom. The maximum atomic E-state index is 12.3. The lowest BCUT2D eigenvalue weighted by molar-refractivity contribution is -0.131. The number of nitrogens with zero attached hydrogens (tertiary/aromatic N) is 1. The molecular weight excluding hydrogens is 362 g/mol. The molecule has 0 unspecified atom stereocenters. The zero-order chi connectivity index (χ0) is 13.3. The summed E-state index contributed by atoms with van der Waals surface area (Å²) in [5.74, 6) is 2.85. The number of carbonyl (C=O) groups excluding carboxylic acids is 1. The minimum absolute atomic E-state index is 0.289. The first kappa shape index (κ1) is 14.3. The minimum Gasteiger partial charge on any atom is -0.342 e. The number of rotatable bonds is 2. The van der Waals surface area contributed by atoms with Gasteiger partial charge in [-0.3, -0.25) is 4.79 Å². The lowest BCUT2D eigenvalue weighted by Gasteiger charge is -2.38. The summed E-state index contributed by atoms with van der Waals surface area (Å²) in [5.41, 5.74) is 0. The highest BCUT2D eigenvalue weighted by atomic mass is 79.9. The highest BCUT2D eigenvalue weighted by molar-refractivity contribution is 9.10. The second-order valence-corrected chi connectivity index (χ2v) is 10.0. The number of thioether (sulfide) groups is 2. The maximum absolute atomic E-state index is 12.3. The van der Waals surface area contributed by atoms with Gasteiger partial charge in [0.2, 0.25) is 5.91 Å². The molecule has 1 aromatic heterocycles. The third-order valence-corrected chi connectivity index (χ3v) is 8.99. The monoisotopic (exact) mass is 377 g/mol. The van der Waals surface area contributed by atoms with Crippen molar-refractivity contribution in [1.29, 1.82) is 0 Å². The molecule has 0 saturated carbocycles. The highest BCUT2D eigenvalue weighted by Crippen LogP contribution is 2.50. The van der Waals surface area contributed by atoms with Crippen LogP contribution in [0.3, 0.4) is 0 Å². The van der Waals surface area contributed by atoms with E-state index in [0.29, 0.717) is 10.5 Å². The van der Waals surface area contributed by atoms with Gasteiger partial charge in [0.05, 0.1) is 10.5 Å². The van der Waals surface area contributed by atoms with Crippen molar-refractivity contribution >= 4 is 56.7 Å². The zero-order valence-corrected chi connectivity index (χ0v) is 14.6. The van der Waals surface area contributed by atoms with Crippen molar-refractivity contribution < 1.29 is 4.79 Å². The largest absolute Gasteiger partial charge is 0.342 e. The van der Waals surface area contributed by atoms with Crippen molar-refractivity contribution in [2.24, 2.45) is 0 Å². The Bertz CT molecular complexity index is 460. The first-order chi connectivity index (χ1) is 9.17. The molecule has 3 rings (SSSR count). The van der Waals surface area contributed by atoms with Crippen molar-refractivity contribution in [2.75, 3.05) is 24.6 Å². The van der Waals surface area contributed by atoms with Gasteiger partial charge in [-0.05, 0) is 34.8 Å². The molecular formula is C13H16BrNOS3. The van der Waals surface area contributed by atoms with Crippen LogP contribution < -0.4 is 0 Å². The van der Waals surface area contributed by atoms with Gasteiger partial charge in [-0.2, -0.15) is 0 Å². The van der Waals surface area contributed by atoms with Crippen molar-refractivity contribution in [3.05, 3.63) is 20.8 Å². The Kier molecular flexibility index (Phi) is 4.51. The fourth-order valence-corrected chi connectivity index (χ4v) is 7.22. The summed E-state index contributed by atoms with van der Waals surface area (Å²) in [7, 11) is 0. The summed E-state index contributed by atoms with van der Waals surface area (Å²) < 4.78 is 1.51. The number of likely N-dealkylation sites (tertiary alicyclic amines) is 1.